The van der Waals surface area contributed by atoms with E-state index in [2.05, 4.69) is 15.8 Å². The number of para-hydroxylation sites is 1. The minimum absolute atomic E-state index is 0.0470. The summed E-state index contributed by atoms with van der Waals surface area (Å²) in [5, 5.41) is 6.36. The molecule has 0 spiro atoms. The van der Waals surface area contributed by atoms with Gasteiger partial charge in [0.2, 0.25) is 0 Å². The van der Waals surface area contributed by atoms with E-state index < -0.39 is 11.8 Å². The van der Waals surface area contributed by atoms with Gasteiger partial charge in [-0.2, -0.15) is 5.10 Å². The molecule has 0 aromatic heterocycles. The second kappa shape index (κ2) is 10.3. The van der Waals surface area contributed by atoms with Crippen molar-refractivity contribution in [2.45, 2.75) is 39.2 Å². The molecule has 3 amide bonds. The molecule has 1 fully saturated rings. The molecule has 0 bridgehead atoms. The molecule has 146 valence electrons. The van der Waals surface area contributed by atoms with Gasteiger partial charge >= 0.3 is 11.8 Å². The van der Waals surface area contributed by atoms with Gasteiger partial charge in [0.05, 0.1) is 6.21 Å². The lowest BCUT2D eigenvalue weighted by atomic mass is 10.2. The van der Waals surface area contributed by atoms with Crippen molar-refractivity contribution in [1.29, 1.82) is 0 Å². The van der Waals surface area contributed by atoms with E-state index in [1.54, 1.807) is 29.2 Å². The first-order chi connectivity index (χ1) is 13.0. The summed E-state index contributed by atoms with van der Waals surface area (Å²) in [6.45, 7) is 5.22. The van der Waals surface area contributed by atoms with E-state index in [9.17, 15) is 14.4 Å². The molecular weight excluding hydrogens is 348 g/mol. The highest BCUT2D eigenvalue weighted by atomic mass is 16.5. The van der Waals surface area contributed by atoms with Crippen LogP contribution >= 0.6 is 0 Å². The minimum atomic E-state index is -0.839. The van der Waals surface area contributed by atoms with Crippen LogP contribution in [-0.4, -0.2) is 54.6 Å². The van der Waals surface area contributed by atoms with E-state index in [4.69, 9.17) is 4.74 Å². The van der Waals surface area contributed by atoms with Crippen LogP contribution in [0.3, 0.4) is 0 Å². The Labute approximate surface area is 158 Å². The number of carbonyl (C=O) groups is 3. The van der Waals surface area contributed by atoms with Crippen LogP contribution in [0.25, 0.3) is 0 Å². The standard InChI is InChI=1S/C19H26N4O4/c1-3-14(2)21-18(25)19(26)22-20-12-15-8-4-5-9-16(15)27-13-17(24)23-10-6-7-11-23/h4-5,8-9,12,14H,3,6-7,10-11,13H2,1-2H3,(H,21,25)(H,22,26)/b20-12-/t14-/m0/s1. The molecule has 2 rings (SSSR count). The van der Waals surface area contributed by atoms with E-state index in [1.165, 1.54) is 6.21 Å². The van der Waals surface area contributed by atoms with E-state index in [0.29, 0.717) is 11.3 Å². The summed E-state index contributed by atoms with van der Waals surface area (Å²) in [5.41, 5.74) is 2.78. The number of nitrogens with zero attached hydrogens (tertiary/aromatic N) is 2. The molecule has 1 aromatic rings. The summed E-state index contributed by atoms with van der Waals surface area (Å²) in [4.78, 5) is 37.2. The highest BCUT2D eigenvalue weighted by Crippen LogP contribution is 2.16. The van der Waals surface area contributed by atoms with Gasteiger partial charge in [-0.05, 0) is 38.3 Å². The average molecular weight is 374 g/mol. The SMILES string of the molecule is CC[C@H](C)NC(=O)C(=O)N/N=C\c1ccccc1OCC(=O)N1CCCC1. The van der Waals surface area contributed by atoms with Gasteiger partial charge in [0.1, 0.15) is 5.75 Å². The lowest BCUT2D eigenvalue weighted by molar-refractivity contribution is -0.139. The van der Waals surface area contributed by atoms with Crippen molar-refractivity contribution in [2.24, 2.45) is 5.10 Å². The third-order valence-electron chi connectivity index (χ3n) is 4.29. The Kier molecular flexibility index (Phi) is 7.79. The largest absolute Gasteiger partial charge is 0.483 e. The van der Waals surface area contributed by atoms with Crippen LogP contribution in [-0.2, 0) is 14.4 Å². The Morgan fingerprint density at radius 2 is 1.93 bits per heavy atom. The number of nitrogens with one attached hydrogen (secondary N) is 2. The first kappa shape index (κ1) is 20.4. The third kappa shape index (κ3) is 6.40. The zero-order chi connectivity index (χ0) is 19.6. The molecule has 0 radical (unpaired) electrons. The summed E-state index contributed by atoms with van der Waals surface area (Å²) in [7, 11) is 0. The van der Waals surface area contributed by atoms with E-state index in [-0.39, 0.29) is 18.6 Å². The number of ether oxygens (including phenoxy) is 1. The normalized spacial score (nSPS) is 14.8. The molecule has 1 aromatic carbocycles. The maximum Gasteiger partial charge on any atom is 0.329 e. The zero-order valence-corrected chi connectivity index (χ0v) is 15.7. The second-order valence-electron chi connectivity index (χ2n) is 6.40. The van der Waals surface area contributed by atoms with Gasteiger partial charge in [-0.1, -0.05) is 19.1 Å². The van der Waals surface area contributed by atoms with E-state index in [0.717, 1.165) is 32.4 Å². The highest BCUT2D eigenvalue weighted by molar-refractivity contribution is 6.35. The van der Waals surface area contributed by atoms with Gasteiger partial charge in [-0.3, -0.25) is 14.4 Å². The van der Waals surface area contributed by atoms with Crippen molar-refractivity contribution < 1.29 is 19.1 Å². The molecule has 1 saturated heterocycles. The van der Waals surface area contributed by atoms with Crippen molar-refractivity contribution in [2.75, 3.05) is 19.7 Å². The quantitative estimate of drug-likeness (QED) is 0.423. The molecule has 8 nitrogen and oxygen atoms in total. The van der Waals surface area contributed by atoms with Crippen molar-refractivity contribution in [3.05, 3.63) is 29.8 Å². The Balaban J connectivity index is 1.88. The summed E-state index contributed by atoms with van der Waals surface area (Å²) in [6, 6.07) is 6.94. The summed E-state index contributed by atoms with van der Waals surface area (Å²) in [5.74, 6) is -1.14. The first-order valence-corrected chi connectivity index (χ1v) is 9.14. The fourth-order valence-corrected chi connectivity index (χ4v) is 2.52. The number of rotatable bonds is 7. The van der Waals surface area contributed by atoms with Crippen LogP contribution in [0.5, 0.6) is 5.75 Å². The molecule has 1 aliphatic heterocycles. The fraction of sp³-hybridized carbons (Fsp3) is 0.474. The van der Waals surface area contributed by atoms with Gasteiger partial charge in [0, 0.05) is 24.7 Å². The lowest BCUT2D eigenvalue weighted by Crippen LogP contribution is -2.41. The molecule has 1 atom stereocenters. The fourth-order valence-electron chi connectivity index (χ4n) is 2.52. The Hall–Kier alpha value is -2.90. The number of hydrogen-bond donors (Lipinski definition) is 2. The summed E-state index contributed by atoms with van der Waals surface area (Å²) < 4.78 is 5.61. The number of hydrazone groups is 1. The maximum absolute atomic E-state index is 12.1. The molecule has 0 saturated carbocycles. The Morgan fingerprint density at radius 3 is 2.63 bits per heavy atom. The van der Waals surface area contributed by atoms with Crippen LogP contribution < -0.4 is 15.5 Å². The number of benzene rings is 1. The molecule has 0 aliphatic carbocycles. The van der Waals surface area contributed by atoms with E-state index in [1.807, 2.05) is 13.8 Å². The van der Waals surface area contributed by atoms with Crippen molar-refractivity contribution in [1.82, 2.24) is 15.6 Å². The highest BCUT2D eigenvalue weighted by Gasteiger charge is 2.18. The first-order valence-electron chi connectivity index (χ1n) is 9.14. The molecule has 27 heavy (non-hydrogen) atoms. The van der Waals surface area contributed by atoms with Gasteiger partial charge in [0.25, 0.3) is 5.91 Å². The van der Waals surface area contributed by atoms with E-state index >= 15 is 0 Å². The number of hydrogen-bond acceptors (Lipinski definition) is 5. The molecule has 0 unspecified atom stereocenters. The molecule has 1 aliphatic rings. The monoisotopic (exact) mass is 374 g/mol. The summed E-state index contributed by atoms with van der Waals surface area (Å²) in [6.07, 6.45) is 4.16. The number of amides is 3. The van der Waals surface area contributed by atoms with Crippen LogP contribution in [0, 0.1) is 0 Å². The summed E-state index contributed by atoms with van der Waals surface area (Å²) >= 11 is 0. The topological polar surface area (TPSA) is 100 Å². The Bertz CT molecular complexity index is 699. The van der Waals surface area contributed by atoms with Gasteiger partial charge < -0.3 is 15.0 Å². The second-order valence-corrected chi connectivity index (χ2v) is 6.40. The lowest BCUT2D eigenvalue weighted by Gasteiger charge is -2.16. The Morgan fingerprint density at radius 1 is 1.22 bits per heavy atom. The maximum atomic E-state index is 12.1. The van der Waals surface area contributed by atoms with Crippen LogP contribution in [0.15, 0.2) is 29.4 Å². The third-order valence-corrected chi connectivity index (χ3v) is 4.29. The van der Waals surface area contributed by atoms with Crippen molar-refractivity contribution in [3.63, 3.8) is 0 Å². The van der Waals surface area contributed by atoms with Crippen LogP contribution in [0.2, 0.25) is 0 Å². The zero-order valence-electron chi connectivity index (χ0n) is 15.7. The van der Waals surface area contributed by atoms with Crippen molar-refractivity contribution >= 4 is 23.9 Å². The smallest absolute Gasteiger partial charge is 0.329 e. The molecule has 8 heteroatoms. The molecular formula is C19H26N4O4. The predicted octanol–water partition coefficient (Wildman–Crippen LogP) is 1.05. The van der Waals surface area contributed by atoms with Crippen molar-refractivity contribution in [3.8, 4) is 5.75 Å². The average Bonchev–Trinajstić information content (AvgIpc) is 3.21. The van der Waals surface area contributed by atoms with Gasteiger partial charge in [-0.15, -0.1) is 0 Å². The van der Waals surface area contributed by atoms with Crippen LogP contribution in [0.1, 0.15) is 38.7 Å². The number of likely N-dealkylation sites (tertiary alicyclic amines) is 1. The van der Waals surface area contributed by atoms with Gasteiger partial charge in [-0.25, -0.2) is 5.43 Å². The number of carbonyl (C=O) groups excluding carboxylic acids is 3. The minimum Gasteiger partial charge on any atom is -0.483 e. The van der Waals surface area contributed by atoms with Gasteiger partial charge in [0.15, 0.2) is 6.61 Å². The van der Waals surface area contributed by atoms with Crippen LogP contribution in [0.4, 0.5) is 0 Å². The molecule has 1 heterocycles. The predicted molar refractivity (Wildman–Crippen MR) is 101 cm³/mol. The molecule has 2 N–H and O–H groups in total.